The summed E-state index contributed by atoms with van der Waals surface area (Å²) in [5.74, 6) is 1.36. The van der Waals surface area contributed by atoms with Crippen LogP contribution >= 0.6 is 7.26 Å². The van der Waals surface area contributed by atoms with Crippen LogP contribution in [0.4, 0.5) is 0 Å². The zero-order valence-electron chi connectivity index (χ0n) is 21.0. The standard InChI is InChI=1S/C30H40OPSi.HI/c1-33(2,3)31-24-27(26-16-8-4-9-17-26)25-32(28-18-10-5-11-19-28,29-20-12-6-13-21-29)30-22-14-7-15-23-30;/h5-7,10-15,18-23,26-27H,4,8-9,16-17,24-25H2,1-3H3;1H/q+1;/p-1/t27-;/m1./s1. The molecule has 0 radical (unpaired) electrons. The van der Waals surface area contributed by atoms with Crippen molar-refractivity contribution in [2.75, 3.05) is 12.8 Å². The van der Waals surface area contributed by atoms with E-state index >= 15 is 0 Å². The van der Waals surface area contributed by atoms with Gasteiger partial charge in [-0.1, -0.05) is 73.9 Å². The molecule has 0 bridgehead atoms. The van der Waals surface area contributed by atoms with Crippen LogP contribution in [0.5, 0.6) is 0 Å². The fraction of sp³-hybridized carbons (Fsp3) is 0.400. The van der Waals surface area contributed by atoms with Crippen molar-refractivity contribution in [3.05, 3.63) is 91.0 Å². The Bertz CT molecular complexity index is 872. The van der Waals surface area contributed by atoms with Gasteiger partial charge in [0.2, 0.25) is 0 Å². The van der Waals surface area contributed by atoms with Gasteiger partial charge < -0.3 is 28.4 Å². The molecule has 0 aromatic heterocycles. The van der Waals surface area contributed by atoms with Crippen molar-refractivity contribution in [2.24, 2.45) is 11.8 Å². The van der Waals surface area contributed by atoms with E-state index in [4.69, 9.17) is 4.43 Å². The highest BCUT2D eigenvalue weighted by atomic mass is 127. The molecule has 0 spiro atoms. The minimum atomic E-state index is -1.82. The molecule has 1 aliphatic carbocycles. The lowest BCUT2D eigenvalue weighted by atomic mass is 9.81. The Morgan fingerprint density at radius 3 is 1.50 bits per heavy atom. The van der Waals surface area contributed by atoms with E-state index in [9.17, 15) is 0 Å². The van der Waals surface area contributed by atoms with Gasteiger partial charge in [0.1, 0.15) is 23.2 Å². The molecule has 3 aromatic carbocycles. The van der Waals surface area contributed by atoms with Crippen molar-refractivity contribution in [1.82, 2.24) is 0 Å². The van der Waals surface area contributed by atoms with Crippen LogP contribution in [0.1, 0.15) is 32.1 Å². The average Bonchev–Trinajstić information content (AvgIpc) is 2.86. The SMILES string of the molecule is C[Si](C)(C)OC[C@H](C[P+](c1ccccc1)(c1ccccc1)c1ccccc1)C1CCCCC1.[I-]. The predicted octanol–water partition coefficient (Wildman–Crippen LogP) is 4.03. The molecule has 0 N–H and O–H groups in total. The number of benzene rings is 3. The molecule has 1 fully saturated rings. The number of halogens is 1. The largest absolute Gasteiger partial charge is 1.00 e. The summed E-state index contributed by atoms with van der Waals surface area (Å²) in [4.78, 5) is 0. The Balaban J connectivity index is 0.00000324. The van der Waals surface area contributed by atoms with Gasteiger partial charge in [0.05, 0.1) is 6.16 Å². The Morgan fingerprint density at radius 2 is 1.12 bits per heavy atom. The maximum Gasteiger partial charge on any atom is 0.183 e. The van der Waals surface area contributed by atoms with Crippen LogP contribution in [0, 0.1) is 11.8 Å². The molecular formula is C30H40IOPSi. The van der Waals surface area contributed by atoms with E-state index in [0.29, 0.717) is 5.92 Å². The summed E-state index contributed by atoms with van der Waals surface area (Å²) in [6.07, 6.45) is 8.06. The highest BCUT2D eigenvalue weighted by Crippen LogP contribution is 2.58. The second-order valence-electron chi connectivity index (χ2n) is 10.6. The topological polar surface area (TPSA) is 9.23 Å². The summed E-state index contributed by atoms with van der Waals surface area (Å²) in [7, 11) is -3.41. The average molecular weight is 603 g/mol. The lowest BCUT2D eigenvalue weighted by molar-refractivity contribution is -0.00000792. The van der Waals surface area contributed by atoms with Gasteiger partial charge in [-0.3, -0.25) is 0 Å². The van der Waals surface area contributed by atoms with E-state index in [1.54, 1.807) is 0 Å². The molecule has 0 heterocycles. The van der Waals surface area contributed by atoms with E-state index < -0.39 is 15.6 Å². The summed E-state index contributed by atoms with van der Waals surface area (Å²) in [6, 6.07) is 34.1. The van der Waals surface area contributed by atoms with Gasteiger partial charge in [0, 0.05) is 12.5 Å². The maximum absolute atomic E-state index is 6.65. The van der Waals surface area contributed by atoms with Crippen molar-refractivity contribution in [3.63, 3.8) is 0 Å². The van der Waals surface area contributed by atoms with E-state index in [1.807, 2.05) is 0 Å². The van der Waals surface area contributed by atoms with Crippen molar-refractivity contribution >= 4 is 31.5 Å². The molecular weight excluding hydrogens is 562 g/mol. The molecule has 4 rings (SSSR count). The molecule has 0 amide bonds. The van der Waals surface area contributed by atoms with Crippen LogP contribution in [0.15, 0.2) is 91.0 Å². The molecule has 182 valence electrons. The van der Waals surface area contributed by atoms with E-state index in [1.165, 1.54) is 54.2 Å². The van der Waals surface area contributed by atoms with Gasteiger partial charge in [-0.05, 0) is 74.8 Å². The van der Waals surface area contributed by atoms with Crippen molar-refractivity contribution in [3.8, 4) is 0 Å². The lowest BCUT2D eigenvalue weighted by Gasteiger charge is -2.37. The highest BCUT2D eigenvalue weighted by molar-refractivity contribution is 7.95. The first-order valence-corrected chi connectivity index (χ1v) is 18.1. The van der Waals surface area contributed by atoms with Gasteiger partial charge in [0.25, 0.3) is 0 Å². The Kier molecular flexibility index (Phi) is 10.4. The molecule has 1 saturated carbocycles. The second kappa shape index (κ2) is 12.8. The minimum Gasteiger partial charge on any atom is -1.00 e. The minimum absolute atomic E-state index is 0. The first kappa shape index (κ1) is 27.6. The number of hydrogen-bond donors (Lipinski definition) is 0. The molecule has 1 aliphatic rings. The maximum atomic E-state index is 6.65. The fourth-order valence-corrected chi connectivity index (χ4v) is 10.9. The molecule has 0 unspecified atom stereocenters. The van der Waals surface area contributed by atoms with Gasteiger partial charge in [0.15, 0.2) is 8.32 Å². The second-order valence-corrected chi connectivity index (χ2v) is 18.6. The van der Waals surface area contributed by atoms with Crippen molar-refractivity contribution in [1.29, 1.82) is 0 Å². The first-order chi connectivity index (χ1) is 16.0. The van der Waals surface area contributed by atoms with E-state index in [0.717, 1.165) is 12.5 Å². The zero-order valence-corrected chi connectivity index (χ0v) is 25.1. The van der Waals surface area contributed by atoms with Crippen LogP contribution in [0.3, 0.4) is 0 Å². The van der Waals surface area contributed by atoms with Crippen molar-refractivity contribution < 1.29 is 28.4 Å². The van der Waals surface area contributed by atoms with E-state index in [2.05, 4.69) is 111 Å². The molecule has 34 heavy (non-hydrogen) atoms. The molecule has 0 aliphatic heterocycles. The summed E-state index contributed by atoms with van der Waals surface area (Å²) in [5.41, 5.74) is 0. The Labute approximate surface area is 226 Å². The molecule has 0 saturated heterocycles. The smallest absolute Gasteiger partial charge is 0.183 e. The van der Waals surface area contributed by atoms with Crippen LogP contribution < -0.4 is 39.9 Å². The van der Waals surface area contributed by atoms with Gasteiger partial charge in [-0.2, -0.15) is 0 Å². The zero-order chi connectivity index (χ0) is 23.2. The van der Waals surface area contributed by atoms with Gasteiger partial charge in [-0.15, -0.1) is 0 Å². The fourth-order valence-electron chi connectivity index (χ4n) is 5.46. The molecule has 4 heteroatoms. The van der Waals surface area contributed by atoms with Crippen LogP contribution in [-0.4, -0.2) is 21.1 Å². The summed E-state index contributed by atoms with van der Waals surface area (Å²) >= 11 is 0. The molecule has 3 aromatic rings. The third-order valence-corrected chi connectivity index (χ3v) is 12.7. The lowest BCUT2D eigenvalue weighted by Crippen LogP contribution is -3.00. The summed E-state index contributed by atoms with van der Waals surface area (Å²) < 4.78 is 6.65. The van der Waals surface area contributed by atoms with Crippen LogP contribution in [0.2, 0.25) is 19.6 Å². The van der Waals surface area contributed by atoms with Crippen LogP contribution in [0.25, 0.3) is 0 Å². The Morgan fingerprint density at radius 1 is 0.706 bits per heavy atom. The third kappa shape index (κ3) is 6.81. The highest BCUT2D eigenvalue weighted by Gasteiger charge is 2.48. The van der Waals surface area contributed by atoms with Gasteiger partial charge in [-0.25, -0.2) is 0 Å². The number of hydrogen-bond acceptors (Lipinski definition) is 1. The Hall–Kier alpha value is -1.00. The summed E-state index contributed by atoms with van der Waals surface area (Å²) in [5, 5.41) is 4.49. The van der Waals surface area contributed by atoms with Crippen LogP contribution in [-0.2, 0) is 4.43 Å². The van der Waals surface area contributed by atoms with E-state index in [-0.39, 0.29) is 24.0 Å². The quantitative estimate of drug-likeness (QED) is 0.204. The monoisotopic (exact) mass is 602 g/mol. The normalized spacial score (nSPS) is 16.0. The molecule has 1 atom stereocenters. The van der Waals surface area contributed by atoms with Crippen molar-refractivity contribution in [2.45, 2.75) is 51.7 Å². The third-order valence-electron chi connectivity index (χ3n) is 7.15. The number of rotatable bonds is 9. The van der Waals surface area contributed by atoms with Gasteiger partial charge >= 0.3 is 0 Å². The molecule has 1 nitrogen and oxygen atoms in total. The predicted molar refractivity (Wildman–Crippen MR) is 149 cm³/mol. The first-order valence-electron chi connectivity index (χ1n) is 12.7. The summed E-state index contributed by atoms with van der Waals surface area (Å²) in [6.45, 7) is 7.91.